The van der Waals surface area contributed by atoms with Crippen molar-refractivity contribution in [3.05, 3.63) is 12.0 Å². The second-order valence-corrected chi connectivity index (χ2v) is 3.51. The van der Waals surface area contributed by atoms with Gasteiger partial charge >= 0.3 is 6.08 Å². The highest BCUT2D eigenvalue weighted by Crippen LogP contribution is 2.12. The van der Waals surface area contributed by atoms with Crippen molar-refractivity contribution < 1.29 is 9.15 Å². The van der Waals surface area contributed by atoms with Crippen LogP contribution >= 0.6 is 0 Å². The molecule has 1 unspecified atom stereocenters. The molecule has 0 amide bonds. The van der Waals surface area contributed by atoms with Crippen LogP contribution in [0, 0.1) is 5.92 Å². The molecule has 4 heteroatoms. The van der Waals surface area contributed by atoms with Crippen molar-refractivity contribution in [3.63, 3.8) is 0 Å². The minimum absolute atomic E-state index is 0.327. The van der Waals surface area contributed by atoms with E-state index in [2.05, 4.69) is 18.8 Å². The van der Waals surface area contributed by atoms with Crippen molar-refractivity contribution in [1.82, 2.24) is 4.98 Å². The predicted octanol–water partition coefficient (Wildman–Crippen LogP) is 1.95. The van der Waals surface area contributed by atoms with Crippen molar-refractivity contribution in [2.24, 2.45) is 11.7 Å². The molecule has 1 rings (SSSR count). The first kappa shape index (κ1) is 11.0. The summed E-state index contributed by atoms with van der Waals surface area (Å²) in [5.74, 6) is 0.535. The maximum Gasteiger partial charge on any atom is 0.393 e. The van der Waals surface area contributed by atoms with Gasteiger partial charge < -0.3 is 14.9 Å². The van der Waals surface area contributed by atoms with E-state index in [9.17, 15) is 0 Å². The lowest BCUT2D eigenvalue weighted by molar-refractivity contribution is 0.190. The molecule has 0 fully saturated rings. The van der Waals surface area contributed by atoms with Crippen molar-refractivity contribution >= 4 is 0 Å². The quantitative estimate of drug-likeness (QED) is 0.758. The van der Waals surface area contributed by atoms with Gasteiger partial charge in [-0.1, -0.05) is 20.3 Å². The molecule has 0 aliphatic rings. The Labute approximate surface area is 84.5 Å². The van der Waals surface area contributed by atoms with Gasteiger partial charge in [-0.2, -0.15) is 4.98 Å². The minimum Gasteiger partial charge on any atom is -0.450 e. The molecule has 0 aliphatic carbocycles. The van der Waals surface area contributed by atoms with E-state index in [-0.39, 0.29) is 0 Å². The third-order valence-electron chi connectivity index (χ3n) is 2.01. The van der Waals surface area contributed by atoms with Gasteiger partial charge in [-0.05, 0) is 12.3 Å². The molecule has 0 aliphatic heterocycles. The van der Waals surface area contributed by atoms with Gasteiger partial charge in [0.05, 0.1) is 12.3 Å². The topological polar surface area (TPSA) is 61.3 Å². The third kappa shape index (κ3) is 3.38. The first-order valence-electron chi connectivity index (χ1n) is 5.03. The fourth-order valence-corrected chi connectivity index (χ4v) is 1.24. The summed E-state index contributed by atoms with van der Waals surface area (Å²) < 4.78 is 10.4. The Kier molecular flexibility index (Phi) is 4.46. The zero-order valence-electron chi connectivity index (χ0n) is 8.82. The number of hydrogen-bond acceptors (Lipinski definition) is 4. The summed E-state index contributed by atoms with van der Waals surface area (Å²) in [5.41, 5.74) is 6.11. The fraction of sp³-hybridized carbons (Fsp3) is 0.700. The summed E-state index contributed by atoms with van der Waals surface area (Å²) in [6.45, 7) is 5.35. The van der Waals surface area contributed by atoms with Crippen LogP contribution in [0.1, 0.15) is 32.4 Å². The lowest BCUT2D eigenvalue weighted by atomic mass is 10.1. The molecular formula is C10H18N2O2. The SMILES string of the molecule is CCCC(C)COc1nc(CN)co1. The summed E-state index contributed by atoms with van der Waals surface area (Å²) in [6, 6.07) is 0. The normalized spacial score (nSPS) is 12.8. The summed E-state index contributed by atoms with van der Waals surface area (Å²) >= 11 is 0. The number of nitrogens with zero attached hydrogens (tertiary/aromatic N) is 1. The number of ether oxygens (including phenoxy) is 1. The van der Waals surface area contributed by atoms with Gasteiger partial charge in [-0.15, -0.1) is 0 Å². The Bertz CT molecular complexity index is 260. The molecule has 0 aromatic carbocycles. The largest absolute Gasteiger partial charge is 0.450 e. The molecule has 0 radical (unpaired) electrons. The van der Waals surface area contributed by atoms with Crippen LogP contribution in [-0.4, -0.2) is 11.6 Å². The first-order chi connectivity index (χ1) is 6.76. The van der Waals surface area contributed by atoms with Crippen LogP contribution in [0.25, 0.3) is 0 Å². The van der Waals surface area contributed by atoms with E-state index in [0.717, 1.165) is 12.1 Å². The molecule has 0 bridgehead atoms. The van der Waals surface area contributed by atoms with Gasteiger partial charge in [0, 0.05) is 6.54 Å². The maximum atomic E-state index is 5.39. The van der Waals surface area contributed by atoms with Crippen molar-refractivity contribution in [1.29, 1.82) is 0 Å². The molecule has 0 spiro atoms. The molecule has 1 heterocycles. The summed E-state index contributed by atoms with van der Waals surface area (Å²) in [7, 11) is 0. The van der Waals surface area contributed by atoms with Crippen LogP contribution in [-0.2, 0) is 6.54 Å². The monoisotopic (exact) mass is 198 g/mol. The highest BCUT2D eigenvalue weighted by molar-refractivity contribution is 4.98. The van der Waals surface area contributed by atoms with Gasteiger partial charge in [0.2, 0.25) is 0 Å². The Morgan fingerprint density at radius 2 is 2.43 bits per heavy atom. The zero-order chi connectivity index (χ0) is 10.4. The smallest absolute Gasteiger partial charge is 0.393 e. The molecule has 80 valence electrons. The maximum absolute atomic E-state index is 5.39. The van der Waals surface area contributed by atoms with Crippen LogP contribution in [0.4, 0.5) is 0 Å². The highest BCUT2D eigenvalue weighted by atomic mass is 16.6. The molecule has 0 saturated carbocycles. The average molecular weight is 198 g/mol. The van der Waals surface area contributed by atoms with Gasteiger partial charge in [0.1, 0.15) is 6.26 Å². The van der Waals surface area contributed by atoms with E-state index in [1.165, 1.54) is 12.7 Å². The van der Waals surface area contributed by atoms with Gasteiger partial charge in [-0.25, -0.2) is 0 Å². The fourth-order valence-electron chi connectivity index (χ4n) is 1.24. The van der Waals surface area contributed by atoms with Crippen LogP contribution in [0.5, 0.6) is 6.08 Å². The standard InChI is InChI=1S/C10H18N2O2/c1-3-4-8(2)6-13-10-12-9(5-11)7-14-10/h7-8H,3-6,11H2,1-2H3. The van der Waals surface area contributed by atoms with E-state index in [0.29, 0.717) is 25.1 Å². The summed E-state index contributed by atoms with van der Waals surface area (Å²) in [6.07, 6.45) is 4.18. The van der Waals surface area contributed by atoms with E-state index in [1.807, 2.05) is 0 Å². The molecule has 2 N–H and O–H groups in total. The van der Waals surface area contributed by atoms with Gasteiger partial charge in [-0.3, -0.25) is 0 Å². The lowest BCUT2D eigenvalue weighted by Crippen LogP contribution is -2.08. The Hall–Kier alpha value is -1.03. The molecular weight excluding hydrogens is 180 g/mol. The Morgan fingerprint density at radius 1 is 1.64 bits per heavy atom. The number of oxazole rings is 1. The molecule has 14 heavy (non-hydrogen) atoms. The molecule has 1 aromatic rings. The van der Waals surface area contributed by atoms with Crippen LogP contribution in [0.2, 0.25) is 0 Å². The summed E-state index contributed by atoms with van der Waals surface area (Å²) in [5, 5.41) is 0. The second-order valence-electron chi connectivity index (χ2n) is 3.51. The average Bonchev–Trinajstić information content (AvgIpc) is 2.63. The Morgan fingerprint density at radius 3 is 3.00 bits per heavy atom. The highest BCUT2D eigenvalue weighted by Gasteiger charge is 2.06. The van der Waals surface area contributed by atoms with E-state index < -0.39 is 0 Å². The van der Waals surface area contributed by atoms with E-state index in [1.54, 1.807) is 0 Å². The Balaban J connectivity index is 2.30. The van der Waals surface area contributed by atoms with Crippen molar-refractivity contribution in [2.45, 2.75) is 33.2 Å². The van der Waals surface area contributed by atoms with Crippen LogP contribution in [0.3, 0.4) is 0 Å². The molecule has 1 atom stereocenters. The predicted molar refractivity (Wildman–Crippen MR) is 54.0 cm³/mol. The van der Waals surface area contributed by atoms with Gasteiger partial charge in [0.25, 0.3) is 0 Å². The number of aromatic nitrogens is 1. The molecule has 1 aromatic heterocycles. The summed E-state index contributed by atoms with van der Waals surface area (Å²) in [4.78, 5) is 4.05. The minimum atomic E-state index is 0.327. The van der Waals surface area contributed by atoms with Crippen molar-refractivity contribution in [2.75, 3.05) is 6.61 Å². The number of rotatable bonds is 6. The number of nitrogens with two attached hydrogens (primary N) is 1. The molecule has 0 saturated heterocycles. The van der Waals surface area contributed by atoms with Crippen molar-refractivity contribution in [3.8, 4) is 6.08 Å². The van der Waals surface area contributed by atoms with Crippen LogP contribution in [0.15, 0.2) is 10.7 Å². The first-order valence-corrected chi connectivity index (χ1v) is 5.03. The second kappa shape index (κ2) is 5.65. The van der Waals surface area contributed by atoms with Crippen LogP contribution < -0.4 is 10.5 Å². The van der Waals surface area contributed by atoms with E-state index in [4.69, 9.17) is 14.9 Å². The van der Waals surface area contributed by atoms with Gasteiger partial charge in [0.15, 0.2) is 0 Å². The lowest BCUT2D eigenvalue weighted by Gasteiger charge is -2.08. The number of hydrogen-bond donors (Lipinski definition) is 1. The zero-order valence-corrected chi connectivity index (χ0v) is 8.82. The third-order valence-corrected chi connectivity index (χ3v) is 2.01. The van der Waals surface area contributed by atoms with E-state index >= 15 is 0 Å². The molecule has 4 nitrogen and oxygen atoms in total.